The lowest BCUT2D eigenvalue weighted by molar-refractivity contribution is -0.137. The number of hydrogen-bond acceptors (Lipinski definition) is 2. The fraction of sp³-hybridized carbons (Fsp3) is 0.200. The minimum atomic E-state index is -4.29. The summed E-state index contributed by atoms with van der Waals surface area (Å²) in [6, 6.07) is 13.1. The molecule has 0 amide bonds. The van der Waals surface area contributed by atoms with Gasteiger partial charge < -0.3 is 5.32 Å². The monoisotopic (exact) mass is 297 g/mol. The average Bonchev–Trinajstić information content (AvgIpc) is 2.45. The number of benzene rings is 2. The third-order valence-electron chi connectivity index (χ3n) is 2.87. The summed E-state index contributed by atoms with van der Waals surface area (Å²) in [6.45, 7) is 0.583. The number of nitrogens with one attached hydrogen (secondary N) is 1. The van der Waals surface area contributed by atoms with Crippen LogP contribution in [-0.2, 0) is 12.7 Å². The van der Waals surface area contributed by atoms with Crippen LogP contribution in [0.3, 0.4) is 0 Å². The summed E-state index contributed by atoms with van der Waals surface area (Å²) >= 11 is 1.67. The van der Waals surface area contributed by atoms with Crippen LogP contribution in [0.1, 0.15) is 11.1 Å². The third-order valence-corrected chi connectivity index (χ3v) is 3.61. The van der Waals surface area contributed by atoms with E-state index in [1.54, 1.807) is 11.8 Å². The molecule has 0 saturated heterocycles. The van der Waals surface area contributed by atoms with Crippen molar-refractivity contribution in [2.75, 3.05) is 11.6 Å². The highest BCUT2D eigenvalue weighted by atomic mass is 32.2. The Balaban J connectivity index is 1.96. The van der Waals surface area contributed by atoms with Crippen LogP contribution in [0.5, 0.6) is 0 Å². The molecule has 0 atom stereocenters. The molecule has 0 aliphatic carbocycles. The lowest BCUT2D eigenvalue weighted by atomic mass is 10.2. The summed E-state index contributed by atoms with van der Waals surface area (Å²) in [5, 5.41) is 3.10. The zero-order chi connectivity index (χ0) is 14.6. The molecule has 0 radical (unpaired) electrons. The Bertz CT molecular complexity index is 547. The summed E-state index contributed by atoms with van der Waals surface area (Å²) < 4.78 is 37.3. The molecule has 0 aliphatic heterocycles. The maximum Gasteiger partial charge on any atom is 0.416 e. The normalized spacial score (nSPS) is 11.4. The summed E-state index contributed by atoms with van der Waals surface area (Å²) in [6.07, 6.45) is -2.28. The van der Waals surface area contributed by atoms with Crippen LogP contribution in [-0.4, -0.2) is 6.26 Å². The van der Waals surface area contributed by atoms with Gasteiger partial charge >= 0.3 is 6.18 Å². The van der Waals surface area contributed by atoms with Gasteiger partial charge in [-0.2, -0.15) is 13.2 Å². The molecule has 2 aromatic rings. The van der Waals surface area contributed by atoms with Crippen molar-refractivity contribution in [2.24, 2.45) is 0 Å². The molecule has 1 nitrogen and oxygen atoms in total. The number of halogens is 3. The Kier molecular flexibility index (Phi) is 4.60. The van der Waals surface area contributed by atoms with Crippen LogP contribution in [0.15, 0.2) is 53.4 Å². The molecule has 2 aromatic carbocycles. The van der Waals surface area contributed by atoms with Gasteiger partial charge in [-0.25, -0.2) is 0 Å². The minimum Gasteiger partial charge on any atom is -0.381 e. The molecule has 20 heavy (non-hydrogen) atoms. The smallest absolute Gasteiger partial charge is 0.381 e. The summed E-state index contributed by atoms with van der Waals surface area (Å²) in [4.78, 5) is 1.18. The number of rotatable bonds is 4. The van der Waals surface area contributed by atoms with Crippen LogP contribution in [0, 0.1) is 0 Å². The van der Waals surface area contributed by atoms with Crippen LogP contribution in [0.2, 0.25) is 0 Å². The first-order valence-corrected chi connectivity index (χ1v) is 7.25. The predicted octanol–water partition coefficient (Wildman–Crippen LogP) is 5.04. The summed E-state index contributed by atoms with van der Waals surface area (Å²) in [5.74, 6) is 0. The molecular formula is C15H14F3NS. The third kappa shape index (κ3) is 3.93. The highest BCUT2D eigenvalue weighted by molar-refractivity contribution is 7.98. The first-order chi connectivity index (χ1) is 9.49. The van der Waals surface area contributed by atoms with Crippen LogP contribution in [0.4, 0.5) is 18.9 Å². The standard InChI is InChI=1S/C15H14F3NS/c1-20-14-8-2-11(3-9-14)10-19-13-6-4-12(5-7-13)15(16,17)18/h2-9,19H,10H2,1H3. The van der Waals surface area contributed by atoms with Crippen molar-refractivity contribution in [1.82, 2.24) is 0 Å². The molecule has 0 bridgehead atoms. The first-order valence-electron chi connectivity index (χ1n) is 6.03. The lowest BCUT2D eigenvalue weighted by Crippen LogP contribution is -2.05. The molecule has 0 aliphatic rings. The van der Waals surface area contributed by atoms with Gasteiger partial charge in [0.05, 0.1) is 5.56 Å². The van der Waals surface area contributed by atoms with Gasteiger partial charge in [0.1, 0.15) is 0 Å². The van der Waals surface area contributed by atoms with E-state index in [9.17, 15) is 13.2 Å². The Morgan fingerprint density at radius 1 is 0.950 bits per heavy atom. The van der Waals surface area contributed by atoms with E-state index in [1.807, 2.05) is 30.5 Å². The largest absolute Gasteiger partial charge is 0.416 e. The van der Waals surface area contributed by atoms with E-state index in [4.69, 9.17) is 0 Å². The molecule has 0 unspecified atom stereocenters. The highest BCUT2D eigenvalue weighted by Gasteiger charge is 2.29. The van der Waals surface area contributed by atoms with Crippen molar-refractivity contribution in [3.05, 3.63) is 59.7 Å². The zero-order valence-electron chi connectivity index (χ0n) is 10.9. The van der Waals surface area contributed by atoms with Crippen molar-refractivity contribution >= 4 is 17.4 Å². The zero-order valence-corrected chi connectivity index (χ0v) is 11.7. The van der Waals surface area contributed by atoms with Crippen molar-refractivity contribution in [3.8, 4) is 0 Å². The van der Waals surface area contributed by atoms with E-state index in [0.29, 0.717) is 12.2 Å². The maximum absolute atomic E-state index is 12.4. The highest BCUT2D eigenvalue weighted by Crippen LogP contribution is 2.29. The molecule has 0 heterocycles. The second kappa shape index (κ2) is 6.22. The van der Waals surface area contributed by atoms with E-state index in [1.165, 1.54) is 17.0 Å². The van der Waals surface area contributed by atoms with E-state index in [2.05, 4.69) is 5.32 Å². The van der Waals surface area contributed by atoms with Crippen LogP contribution in [0.25, 0.3) is 0 Å². The van der Waals surface area contributed by atoms with Crippen LogP contribution >= 0.6 is 11.8 Å². The Morgan fingerprint density at radius 2 is 1.55 bits per heavy atom. The van der Waals surface area contributed by atoms with E-state index >= 15 is 0 Å². The number of hydrogen-bond donors (Lipinski definition) is 1. The molecular weight excluding hydrogens is 283 g/mol. The molecule has 0 aromatic heterocycles. The fourth-order valence-corrected chi connectivity index (χ4v) is 2.13. The SMILES string of the molecule is CSc1ccc(CNc2ccc(C(F)(F)F)cc2)cc1. The summed E-state index contributed by atoms with van der Waals surface area (Å²) in [7, 11) is 0. The molecule has 0 spiro atoms. The number of anilines is 1. The van der Waals surface area contributed by atoms with Crippen molar-refractivity contribution < 1.29 is 13.2 Å². The predicted molar refractivity (Wildman–Crippen MR) is 77.0 cm³/mol. The quantitative estimate of drug-likeness (QED) is 0.793. The van der Waals surface area contributed by atoms with E-state index in [0.717, 1.165) is 17.7 Å². The Labute approximate surface area is 120 Å². The van der Waals surface area contributed by atoms with Gasteiger partial charge in [0, 0.05) is 17.1 Å². The molecule has 5 heteroatoms. The second-order valence-corrected chi connectivity index (χ2v) is 5.16. The maximum atomic E-state index is 12.4. The van der Waals surface area contributed by atoms with Crippen LogP contribution < -0.4 is 5.32 Å². The van der Waals surface area contributed by atoms with E-state index in [-0.39, 0.29) is 0 Å². The van der Waals surface area contributed by atoms with Gasteiger partial charge in [-0.15, -0.1) is 11.8 Å². The molecule has 0 fully saturated rings. The van der Waals surface area contributed by atoms with Crippen molar-refractivity contribution in [1.29, 1.82) is 0 Å². The number of alkyl halides is 3. The van der Waals surface area contributed by atoms with Gasteiger partial charge in [0.25, 0.3) is 0 Å². The minimum absolute atomic E-state index is 0.583. The van der Waals surface area contributed by atoms with E-state index < -0.39 is 11.7 Å². The van der Waals surface area contributed by atoms with Gasteiger partial charge in [-0.05, 0) is 48.2 Å². The van der Waals surface area contributed by atoms with Gasteiger partial charge in [-0.3, -0.25) is 0 Å². The topological polar surface area (TPSA) is 12.0 Å². The molecule has 106 valence electrons. The molecule has 2 rings (SSSR count). The fourth-order valence-electron chi connectivity index (χ4n) is 1.72. The molecule has 0 saturated carbocycles. The summed E-state index contributed by atoms with van der Waals surface area (Å²) in [5.41, 5.74) is 1.13. The average molecular weight is 297 g/mol. The van der Waals surface area contributed by atoms with Crippen molar-refractivity contribution in [3.63, 3.8) is 0 Å². The number of thioether (sulfide) groups is 1. The second-order valence-electron chi connectivity index (χ2n) is 4.28. The first kappa shape index (κ1) is 14.8. The lowest BCUT2D eigenvalue weighted by Gasteiger charge is -2.10. The van der Waals surface area contributed by atoms with Gasteiger partial charge in [-0.1, -0.05) is 12.1 Å². The van der Waals surface area contributed by atoms with Crippen molar-refractivity contribution in [2.45, 2.75) is 17.6 Å². The van der Waals surface area contributed by atoms with Gasteiger partial charge in [0.2, 0.25) is 0 Å². The molecule has 1 N–H and O–H groups in total. The Morgan fingerprint density at radius 3 is 2.05 bits per heavy atom. The van der Waals surface area contributed by atoms with Gasteiger partial charge in [0.15, 0.2) is 0 Å². The Hall–Kier alpha value is -1.62.